The quantitative estimate of drug-likeness (QED) is 0.585. The zero-order valence-electron chi connectivity index (χ0n) is 9.52. The second-order valence-electron chi connectivity index (χ2n) is 3.90. The second-order valence-corrected chi connectivity index (χ2v) is 5.52. The lowest BCUT2D eigenvalue weighted by atomic mass is 10.1. The molecule has 1 aliphatic heterocycles. The number of nitrogens with zero attached hydrogens (tertiary/aromatic N) is 2. The Labute approximate surface area is 121 Å². The van der Waals surface area contributed by atoms with Gasteiger partial charge in [-0.25, -0.2) is 4.98 Å². The molecular weight excluding hydrogens is 368 g/mol. The number of hydrogen-bond donors (Lipinski definition) is 0. The van der Waals surface area contributed by atoms with Crippen molar-refractivity contribution in [1.82, 2.24) is 4.98 Å². The summed E-state index contributed by atoms with van der Waals surface area (Å²) in [5.74, 6) is -0.832. The molecule has 1 unspecified atom stereocenters. The van der Waals surface area contributed by atoms with Crippen LogP contribution in [0.15, 0.2) is 21.3 Å². The lowest BCUT2D eigenvalue weighted by Crippen LogP contribution is -2.26. The van der Waals surface area contributed by atoms with Crippen molar-refractivity contribution >= 4 is 49.4 Å². The first kappa shape index (κ1) is 13.5. The Bertz CT molecular complexity index is 487. The molecule has 0 bridgehead atoms. The summed E-state index contributed by atoms with van der Waals surface area (Å²) in [6, 6.07) is 3.48. The van der Waals surface area contributed by atoms with Gasteiger partial charge in [-0.05, 0) is 44.0 Å². The second kappa shape index (κ2) is 5.36. The van der Waals surface area contributed by atoms with Gasteiger partial charge in [0.25, 0.3) is 0 Å². The van der Waals surface area contributed by atoms with Gasteiger partial charge in [0.1, 0.15) is 9.21 Å². The average Bonchev–Trinajstić information content (AvgIpc) is 2.69. The van der Waals surface area contributed by atoms with E-state index in [0.717, 1.165) is 0 Å². The summed E-state index contributed by atoms with van der Waals surface area (Å²) in [5, 5.41) is 0. The van der Waals surface area contributed by atoms with Crippen LogP contribution >= 0.6 is 31.9 Å². The SMILES string of the molecule is COC(=O)C1CC(=O)N(c2cc(Br)nc(Br)c2)C1. The number of amides is 1. The van der Waals surface area contributed by atoms with Crippen molar-refractivity contribution in [2.24, 2.45) is 5.92 Å². The van der Waals surface area contributed by atoms with E-state index in [-0.39, 0.29) is 18.3 Å². The van der Waals surface area contributed by atoms with Gasteiger partial charge in [0.15, 0.2) is 0 Å². The van der Waals surface area contributed by atoms with Crippen LogP contribution in [0.2, 0.25) is 0 Å². The Morgan fingerprint density at radius 3 is 2.61 bits per heavy atom. The van der Waals surface area contributed by atoms with E-state index in [1.165, 1.54) is 7.11 Å². The van der Waals surface area contributed by atoms with Crippen LogP contribution in [0, 0.1) is 5.92 Å². The number of carbonyl (C=O) groups excluding carboxylic acids is 2. The molecule has 0 saturated carbocycles. The fourth-order valence-corrected chi connectivity index (χ4v) is 2.98. The molecule has 1 aromatic heterocycles. The summed E-state index contributed by atoms with van der Waals surface area (Å²) >= 11 is 6.53. The third-order valence-electron chi connectivity index (χ3n) is 2.72. The predicted octanol–water partition coefficient (Wildman–Crippen LogP) is 2.13. The van der Waals surface area contributed by atoms with Crippen molar-refractivity contribution in [1.29, 1.82) is 0 Å². The topological polar surface area (TPSA) is 59.5 Å². The molecular formula is C11H10Br2N2O3. The maximum Gasteiger partial charge on any atom is 0.311 e. The summed E-state index contributed by atoms with van der Waals surface area (Å²) in [6.07, 6.45) is 0.185. The highest BCUT2D eigenvalue weighted by Crippen LogP contribution is 2.29. The number of hydrogen-bond acceptors (Lipinski definition) is 4. The number of halogens is 2. The highest BCUT2D eigenvalue weighted by atomic mass is 79.9. The van der Waals surface area contributed by atoms with Crippen LogP contribution in [-0.2, 0) is 14.3 Å². The van der Waals surface area contributed by atoms with E-state index in [1.807, 2.05) is 0 Å². The molecule has 0 aromatic carbocycles. The molecule has 1 aromatic rings. The van der Waals surface area contributed by atoms with Crippen molar-refractivity contribution in [3.05, 3.63) is 21.3 Å². The number of methoxy groups -OCH3 is 1. The maximum absolute atomic E-state index is 11.9. The molecule has 0 N–H and O–H groups in total. The molecule has 96 valence electrons. The smallest absolute Gasteiger partial charge is 0.311 e. The van der Waals surface area contributed by atoms with Gasteiger partial charge in [-0.3, -0.25) is 9.59 Å². The molecule has 1 aliphatic rings. The van der Waals surface area contributed by atoms with Crippen molar-refractivity contribution in [3.8, 4) is 0 Å². The number of rotatable bonds is 2. The Kier molecular flexibility index (Phi) is 4.01. The van der Waals surface area contributed by atoms with E-state index >= 15 is 0 Å². The van der Waals surface area contributed by atoms with Crippen LogP contribution in [0.3, 0.4) is 0 Å². The summed E-state index contributed by atoms with van der Waals surface area (Å²) in [5.41, 5.74) is 0.708. The first-order valence-electron chi connectivity index (χ1n) is 5.22. The third kappa shape index (κ3) is 2.72. The van der Waals surface area contributed by atoms with Gasteiger partial charge in [0.2, 0.25) is 5.91 Å². The van der Waals surface area contributed by atoms with E-state index in [9.17, 15) is 9.59 Å². The van der Waals surface area contributed by atoms with Crippen molar-refractivity contribution in [2.75, 3.05) is 18.6 Å². The van der Waals surface area contributed by atoms with Gasteiger partial charge in [-0.15, -0.1) is 0 Å². The van der Waals surface area contributed by atoms with Gasteiger partial charge < -0.3 is 9.64 Å². The Balaban J connectivity index is 2.24. The standard InChI is InChI=1S/C11H10Br2N2O3/c1-18-11(17)6-2-10(16)15(5-6)7-3-8(12)14-9(13)4-7/h3-4,6H,2,5H2,1H3. The summed E-state index contributed by atoms with van der Waals surface area (Å²) in [6.45, 7) is 0.342. The van der Waals surface area contributed by atoms with E-state index in [1.54, 1.807) is 17.0 Å². The molecule has 1 atom stereocenters. The Hall–Kier alpha value is -0.950. The van der Waals surface area contributed by atoms with E-state index < -0.39 is 5.92 Å². The highest BCUT2D eigenvalue weighted by Gasteiger charge is 2.36. The predicted molar refractivity (Wildman–Crippen MR) is 72.1 cm³/mol. The number of esters is 1. The molecule has 18 heavy (non-hydrogen) atoms. The molecule has 1 saturated heterocycles. The van der Waals surface area contributed by atoms with Crippen molar-refractivity contribution < 1.29 is 14.3 Å². The first-order valence-corrected chi connectivity index (χ1v) is 6.81. The van der Waals surface area contributed by atoms with Gasteiger partial charge >= 0.3 is 5.97 Å². The molecule has 2 heterocycles. The van der Waals surface area contributed by atoms with Crippen LogP contribution in [0.1, 0.15) is 6.42 Å². The minimum absolute atomic E-state index is 0.0876. The van der Waals surface area contributed by atoms with Crippen molar-refractivity contribution in [2.45, 2.75) is 6.42 Å². The van der Waals surface area contributed by atoms with E-state index in [2.05, 4.69) is 41.6 Å². The fourth-order valence-electron chi connectivity index (χ4n) is 1.89. The normalized spacial score (nSPS) is 19.2. The molecule has 0 radical (unpaired) electrons. The first-order chi connectivity index (χ1) is 8.51. The molecule has 0 spiro atoms. The van der Waals surface area contributed by atoms with Gasteiger partial charge in [-0.2, -0.15) is 0 Å². The van der Waals surface area contributed by atoms with Gasteiger partial charge in [-0.1, -0.05) is 0 Å². The molecule has 1 amide bonds. The maximum atomic E-state index is 11.9. The summed E-state index contributed by atoms with van der Waals surface area (Å²) in [4.78, 5) is 29.0. The number of aromatic nitrogens is 1. The molecule has 0 aliphatic carbocycles. The van der Waals surface area contributed by atoms with Crippen LogP contribution in [0.5, 0.6) is 0 Å². The largest absolute Gasteiger partial charge is 0.469 e. The van der Waals surface area contributed by atoms with Crippen LogP contribution in [-0.4, -0.2) is 30.5 Å². The Morgan fingerprint density at radius 1 is 1.44 bits per heavy atom. The third-order valence-corrected chi connectivity index (χ3v) is 3.53. The van der Waals surface area contributed by atoms with E-state index in [0.29, 0.717) is 21.4 Å². The molecule has 2 rings (SSSR count). The number of pyridine rings is 1. The highest BCUT2D eigenvalue weighted by molar-refractivity contribution is 9.11. The zero-order chi connectivity index (χ0) is 13.3. The fraction of sp³-hybridized carbons (Fsp3) is 0.364. The minimum atomic E-state index is -0.395. The lowest BCUT2D eigenvalue weighted by molar-refractivity contribution is -0.145. The van der Waals surface area contributed by atoms with Crippen molar-refractivity contribution in [3.63, 3.8) is 0 Å². The van der Waals surface area contributed by atoms with Crippen LogP contribution in [0.4, 0.5) is 5.69 Å². The zero-order valence-corrected chi connectivity index (χ0v) is 12.7. The summed E-state index contributed by atoms with van der Waals surface area (Å²) < 4.78 is 5.92. The molecule has 1 fully saturated rings. The van der Waals surface area contributed by atoms with Gasteiger partial charge in [0, 0.05) is 18.7 Å². The number of carbonyl (C=O) groups is 2. The summed E-state index contributed by atoms with van der Waals surface area (Å²) in [7, 11) is 1.33. The number of anilines is 1. The monoisotopic (exact) mass is 376 g/mol. The Morgan fingerprint density at radius 2 is 2.06 bits per heavy atom. The minimum Gasteiger partial charge on any atom is -0.469 e. The van der Waals surface area contributed by atoms with Crippen LogP contribution in [0.25, 0.3) is 0 Å². The van der Waals surface area contributed by atoms with E-state index in [4.69, 9.17) is 0 Å². The number of ether oxygens (including phenoxy) is 1. The average molecular weight is 378 g/mol. The lowest BCUT2D eigenvalue weighted by Gasteiger charge is -2.16. The van der Waals surface area contributed by atoms with Crippen LogP contribution < -0.4 is 4.90 Å². The molecule has 5 nitrogen and oxygen atoms in total. The molecule has 7 heteroatoms. The van der Waals surface area contributed by atoms with Gasteiger partial charge in [0.05, 0.1) is 13.0 Å².